The molecule has 2 aromatic heterocycles. The second kappa shape index (κ2) is 5.60. The van der Waals surface area contributed by atoms with Gasteiger partial charge in [0.1, 0.15) is 18.4 Å². The standard InChI is InChI=1S/C15H21N5O/c1-2-6-11(5-1)18-14-12-9-20(13-7-3-4-8-21-13)19-15(12)17-10-16-14/h9-11,13H,1-8H2,(H,16,17,18,19). The van der Waals surface area contributed by atoms with Gasteiger partial charge in [0.25, 0.3) is 0 Å². The van der Waals surface area contributed by atoms with E-state index < -0.39 is 0 Å². The van der Waals surface area contributed by atoms with Crippen molar-refractivity contribution in [2.45, 2.75) is 57.2 Å². The normalized spacial score (nSPS) is 23.7. The molecule has 6 nitrogen and oxygen atoms in total. The van der Waals surface area contributed by atoms with E-state index in [1.807, 2.05) is 10.9 Å². The molecule has 112 valence electrons. The van der Waals surface area contributed by atoms with Crippen LogP contribution in [0.2, 0.25) is 0 Å². The molecule has 0 aromatic carbocycles. The largest absolute Gasteiger partial charge is 0.367 e. The van der Waals surface area contributed by atoms with Crippen molar-refractivity contribution < 1.29 is 4.74 Å². The van der Waals surface area contributed by atoms with Gasteiger partial charge in [-0.3, -0.25) is 0 Å². The zero-order valence-corrected chi connectivity index (χ0v) is 12.2. The predicted molar refractivity (Wildman–Crippen MR) is 80.0 cm³/mol. The molecule has 4 rings (SSSR count). The van der Waals surface area contributed by atoms with E-state index in [2.05, 4.69) is 20.4 Å². The van der Waals surface area contributed by atoms with Gasteiger partial charge in [0.05, 0.1) is 5.39 Å². The van der Waals surface area contributed by atoms with Crippen molar-refractivity contribution in [2.24, 2.45) is 0 Å². The number of ether oxygens (including phenoxy) is 1. The van der Waals surface area contributed by atoms with E-state index >= 15 is 0 Å². The Morgan fingerprint density at radius 1 is 1.10 bits per heavy atom. The first-order valence-corrected chi connectivity index (χ1v) is 7.98. The minimum absolute atomic E-state index is 0.0484. The Hall–Kier alpha value is -1.69. The topological polar surface area (TPSA) is 64.9 Å². The van der Waals surface area contributed by atoms with Crippen molar-refractivity contribution in [3.8, 4) is 0 Å². The minimum atomic E-state index is 0.0484. The number of hydrogen-bond donors (Lipinski definition) is 1. The molecule has 1 aliphatic carbocycles. The molecule has 2 aliphatic rings. The van der Waals surface area contributed by atoms with E-state index in [1.54, 1.807) is 6.33 Å². The number of hydrogen-bond acceptors (Lipinski definition) is 5. The van der Waals surface area contributed by atoms with Gasteiger partial charge in [0, 0.05) is 18.8 Å². The lowest BCUT2D eigenvalue weighted by Crippen LogP contribution is -2.18. The summed E-state index contributed by atoms with van der Waals surface area (Å²) in [6.45, 7) is 0.819. The molecule has 6 heteroatoms. The van der Waals surface area contributed by atoms with Crippen LogP contribution in [0.15, 0.2) is 12.5 Å². The second-order valence-corrected chi connectivity index (χ2v) is 6.02. The highest BCUT2D eigenvalue weighted by Gasteiger charge is 2.20. The Morgan fingerprint density at radius 2 is 1.95 bits per heavy atom. The molecule has 1 aliphatic heterocycles. The quantitative estimate of drug-likeness (QED) is 0.940. The molecule has 0 radical (unpaired) electrons. The van der Waals surface area contributed by atoms with Crippen LogP contribution in [0, 0.1) is 0 Å². The summed E-state index contributed by atoms with van der Waals surface area (Å²) in [5.74, 6) is 0.911. The van der Waals surface area contributed by atoms with Crippen LogP contribution in [-0.4, -0.2) is 32.4 Å². The number of rotatable bonds is 3. The molecular formula is C15H21N5O. The molecule has 1 unspecified atom stereocenters. The van der Waals surface area contributed by atoms with Gasteiger partial charge in [0.15, 0.2) is 5.65 Å². The van der Waals surface area contributed by atoms with Crippen LogP contribution in [0.3, 0.4) is 0 Å². The summed E-state index contributed by atoms with van der Waals surface area (Å²) in [6.07, 6.45) is 12.1. The lowest BCUT2D eigenvalue weighted by molar-refractivity contribution is -0.0391. The maximum Gasteiger partial charge on any atom is 0.186 e. The molecule has 1 atom stereocenters. The number of anilines is 1. The Kier molecular flexibility index (Phi) is 3.47. The number of fused-ring (bicyclic) bond motifs is 1. The monoisotopic (exact) mass is 287 g/mol. The Balaban J connectivity index is 1.63. The van der Waals surface area contributed by atoms with Gasteiger partial charge < -0.3 is 10.1 Å². The Morgan fingerprint density at radius 3 is 2.76 bits per heavy atom. The van der Waals surface area contributed by atoms with Crippen LogP contribution in [0.25, 0.3) is 11.0 Å². The van der Waals surface area contributed by atoms with E-state index in [9.17, 15) is 0 Å². The second-order valence-electron chi connectivity index (χ2n) is 6.02. The first-order chi connectivity index (χ1) is 10.4. The maximum absolute atomic E-state index is 5.80. The van der Waals surface area contributed by atoms with Gasteiger partial charge in [-0.05, 0) is 32.1 Å². The molecule has 2 aromatic rings. The van der Waals surface area contributed by atoms with Crippen LogP contribution in [-0.2, 0) is 4.74 Å². The van der Waals surface area contributed by atoms with E-state index in [4.69, 9.17) is 4.74 Å². The van der Waals surface area contributed by atoms with Crippen molar-refractivity contribution in [1.29, 1.82) is 0 Å². The highest BCUT2D eigenvalue weighted by molar-refractivity contribution is 5.85. The average molecular weight is 287 g/mol. The van der Waals surface area contributed by atoms with E-state index in [1.165, 1.54) is 32.1 Å². The van der Waals surface area contributed by atoms with Crippen molar-refractivity contribution >= 4 is 16.9 Å². The van der Waals surface area contributed by atoms with Crippen molar-refractivity contribution in [3.63, 3.8) is 0 Å². The first-order valence-electron chi connectivity index (χ1n) is 7.98. The summed E-state index contributed by atoms with van der Waals surface area (Å²) < 4.78 is 7.71. The van der Waals surface area contributed by atoms with Crippen molar-refractivity contribution in [2.75, 3.05) is 11.9 Å². The highest BCUT2D eigenvalue weighted by atomic mass is 16.5. The van der Waals surface area contributed by atoms with Crippen LogP contribution in [0.1, 0.15) is 51.2 Å². The van der Waals surface area contributed by atoms with Crippen LogP contribution < -0.4 is 5.32 Å². The fraction of sp³-hybridized carbons (Fsp3) is 0.667. The van der Waals surface area contributed by atoms with E-state index in [0.717, 1.165) is 36.3 Å². The summed E-state index contributed by atoms with van der Waals surface area (Å²) in [7, 11) is 0. The summed E-state index contributed by atoms with van der Waals surface area (Å²) in [5, 5.41) is 9.13. The lowest BCUT2D eigenvalue weighted by atomic mass is 10.2. The van der Waals surface area contributed by atoms with Gasteiger partial charge in [0.2, 0.25) is 0 Å². The molecule has 21 heavy (non-hydrogen) atoms. The Bertz CT molecular complexity index is 614. The molecule has 3 heterocycles. The molecule has 0 spiro atoms. The third-order valence-corrected chi connectivity index (χ3v) is 4.48. The molecule has 2 fully saturated rings. The zero-order chi connectivity index (χ0) is 14.1. The van der Waals surface area contributed by atoms with E-state index in [-0.39, 0.29) is 6.23 Å². The van der Waals surface area contributed by atoms with Gasteiger partial charge >= 0.3 is 0 Å². The molecule has 1 N–H and O–H groups in total. The summed E-state index contributed by atoms with van der Waals surface area (Å²) in [5.41, 5.74) is 0.750. The lowest BCUT2D eigenvalue weighted by Gasteiger charge is -2.22. The fourth-order valence-electron chi connectivity index (χ4n) is 3.31. The van der Waals surface area contributed by atoms with Crippen LogP contribution in [0.5, 0.6) is 0 Å². The third kappa shape index (κ3) is 2.60. The van der Waals surface area contributed by atoms with Crippen LogP contribution in [0.4, 0.5) is 5.82 Å². The minimum Gasteiger partial charge on any atom is -0.367 e. The first kappa shape index (κ1) is 13.0. The van der Waals surface area contributed by atoms with Gasteiger partial charge in [-0.25, -0.2) is 14.6 Å². The predicted octanol–water partition coefficient (Wildman–Crippen LogP) is 2.88. The number of nitrogens with zero attached hydrogens (tertiary/aromatic N) is 4. The Labute approximate surface area is 123 Å². The summed E-state index contributed by atoms with van der Waals surface area (Å²) in [4.78, 5) is 8.71. The van der Waals surface area contributed by atoms with Gasteiger partial charge in [-0.2, -0.15) is 0 Å². The van der Waals surface area contributed by atoms with Gasteiger partial charge in [-0.15, -0.1) is 5.10 Å². The number of nitrogens with one attached hydrogen (secondary N) is 1. The SMILES string of the molecule is c1nc(NC2CCCC2)c2cn(C3CCCCO3)nc2n1. The van der Waals surface area contributed by atoms with Gasteiger partial charge in [-0.1, -0.05) is 12.8 Å². The van der Waals surface area contributed by atoms with Crippen molar-refractivity contribution in [1.82, 2.24) is 19.7 Å². The molecular weight excluding hydrogens is 266 g/mol. The fourth-order valence-corrected chi connectivity index (χ4v) is 3.31. The smallest absolute Gasteiger partial charge is 0.186 e. The average Bonchev–Trinajstić information content (AvgIpc) is 3.17. The zero-order valence-electron chi connectivity index (χ0n) is 12.2. The molecule has 0 amide bonds. The molecule has 1 saturated heterocycles. The summed E-state index contributed by atoms with van der Waals surface area (Å²) in [6, 6.07) is 0.539. The van der Waals surface area contributed by atoms with Crippen molar-refractivity contribution in [3.05, 3.63) is 12.5 Å². The molecule has 1 saturated carbocycles. The third-order valence-electron chi connectivity index (χ3n) is 4.48. The summed E-state index contributed by atoms with van der Waals surface area (Å²) >= 11 is 0. The van der Waals surface area contributed by atoms with Crippen LogP contribution >= 0.6 is 0 Å². The highest BCUT2D eigenvalue weighted by Crippen LogP contribution is 2.27. The number of aromatic nitrogens is 4. The van der Waals surface area contributed by atoms with E-state index in [0.29, 0.717) is 6.04 Å². The maximum atomic E-state index is 5.80. The molecule has 0 bridgehead atoms.